The number of methoxy groups -OCH3 is 1. The number of nitrogens with one attached hydrogen (secondary N) is 1. The smallest absolute Gasteiger partial charge is 0.253 e. The van der Waals surface area contributed by atoms with Gasteiger partial charge in [0.15, 0.2) is 0 Å². The Morgan fingerprint density at radius 2 is 1.77 bits per heavy atom. The van der Waals surface area contributed by atoms with E-state index < -0.39 is 0 Å². The number of nitrogens with two attached hydrogens (primary N) is 1. The first-order chi connectivity index (χ1) is 14.6. The number of carbonyl (C=O) groups excluding carboxylic acids is 1. The van der Waals surface area contributed by atoms with E-state index in [1.165, 1.54) is 24.8 Å². The van der Waals surface area contributed by atoms with Crippen LogP contribution in [-0.2, 0) is 16.1 Å². The van der Waals surface area contributed by atoms with Gasteiger partial charge in [0, 0.05) is 32.4 Å². The average Bonchev–Trinajstić information content (AvgIpc) is 2.95. The molecule has 1 aliphatic carbocycles. The van der Waals surface area contributed by atoms with Crippen LogP contribution in [0.2, 0.25) is 0 Å². The van der Waals surface area contributed by atoms with E-state index in [9.17, 15) is 4.79 Å². The van der Waals surface area contributed by atoms with Crippen LogP contribution >= 0.6 is 0 Å². The minimum absolute atomic E-state index is 0.139. The van der Waals surface area contributed by atoms with Gasteiger partial charge in [-0.3, -0.25) is 4.79 Å². The van der Waals surface area contributed by atoms with Crippen molar-refractivity contribution < 1.29 is 14.3 Å². The van der Waals surface area contributed by atoms with Crippen LogP contribution in [0, 0.1) is 0 Å². The first-order valence-electron chi connectivity index (χ1n) is 11.0. The number of allylic oxidation sites excluding steroid dienone is 3. The Kier molecular flexibility index (Phi) is 10.8. The molecular weight excluding hydrogens is 376 g/mol. The van der Waals surface area contributed by atoms with E-state index in [0.29, 0.717) is 24.2 Å². The molecule has 3 N–H and O–H groups in total. The molecule has 1 aromatic carbocycles. The summed E-state index contributed by atoms with van der Waals surface area (Å²) in [6.45, 7) is 4.13. The van der Waals surface area contributed by atoms with Crippen molar-refractivity contribution in [2.24, 2.45) is 5.73 Å². The second kappa shape index (κ2) is 13.6. The Morgan fingerprint density at radius 1 is 1.07 bits per heavy atom. The van der Waals surface area contributed by atoms with Crippen molar-refractivity contribution in [2.75, 3.05) is 20.3 Å². The molecule has 0 bridgehead atoms. The average molecular weight is 413 g/mol. The topological polar surface area (TPSA) is 73.6 Å². The van der Waals surface area contributed by atoms with Gasteiger partial charge in [0.2, 0.25) is 0 Å². The largest absolute Gasteiger partial charge is 0.494 e. The van der Waals surface area contributed by atoms with Crippen molar-refractivity contribution in [1.29, 1.82) is 0 Å². The lowest BCUT2D eigenvalue weighted by Crippen LogP contribution is -2.26. The first-order valence-corrected chi connectivity index (χ1v) is 11.0. The van der Waals surface area contributed by atoms with Crippen LogP contribution in [0.1, 0.15) is 57.4 Å². The van der Waals surface area contributed by atoms with Crippen LogP contribution in [0.15, 0.2) is 59.3 Å². The summed E-state index contributed by atoms with van der Waals surface area (Å²) in [6, 6.07) is 7.88. The van der Waals surface area contributed by atoms with Crippen molar-refractivity contribution in [3.05, 3.63) is 64.9 Å². The maximum Gasteiger partial charge on any atom is 0.253 e. The highest BCUT2D eigenvalue weighted by Crippen LogP contribution is 2.19. The summed E-state index contributed by atoms with van der Waals surface area (Å²) in [6.07, 6.45) is 13.1. The number of amides is 1. The van der Waals surface area contributed by atoms with Gasteiger partial charge in [-0.15, -0.1) is 0 Å². The number of carbonyl (C=O) groups is 1. The molecule has 0 saturated carbocycles. The molecule has 1 aliphatic rings. The first kappa shape index (κ1) is 23.7. The molecule has 0 radical (unpaired) electrons. The Morgan fingerprint density at radius 3 is 2.47 bits per heavy atom. The highest BCUT2D eigenvalue weighted by atomic mass is 16.5. The molecule has 0 fully saturated rings. The van der Waals surface area contributed by atoms with Crippen molar-refractivity contribution in [2.45, 2.75) is 58.4 Å². The number of rotatable bonds is 13. The Hall–Kier alpha value is -2.53. The summed E-state index contributed by atoms with van der Waals surface area (Å²) in [7, 11) is 1.75. The molecule has 5 heteroatoms. The minimum atomic E-state index is -0.139. The normalized spacial score (nSPS) is 13.7. The van der Waals surface area contributed by atoms with Gasteiger partial charge in [0.1, 0.15) is 5.75 Å². The summed E-state index contributed by atoms with van der Waals surface area (Å²) in [5, 5.41) is 2.96. The van der Waals surface area contributed by atoms with Gasteiger partial charge in [-0.1, -0.05) is 56.0 Å². The predicted molar refractivity (Wildman–Crippen MR) is 122 cm³/mol. The van der Waals surface area contributed by atoms with Crippen molar-refractivity contribution >= 4 is 5.91 Å². The summed E-state index contributed by atoms with van der Waals surface area (Å²) < 4.78 is 10.9. The van der Waals surface area contributed by atoms with Gasteiger partial charge >= 0.3 is 0 Å². The molecular formula is C25H36N2O3. The summed E-state index contributed by atoms with van der Waals surface area (Å²) >= 11 is 0. The second-order valence-electron chi connectivity index (χ2n) is 7.59. The highest BCUT2D eigenvalue weighted by molar-refractivity contribution is 5.97. The van der Waals surface area contributed by atoms with E-state index in [1.807, 2.05) is 36.4 Å². The van der Waals surface area contributed by atoms with Gasteiger partial charge < -0.3 is 20.5 Å². The molecule has 0 heterocycles. The van der Waals surface area contributed by atoms with E-state index in [0.717, 1.165) is 43.8 Å². The SMILES string of the molecule is CCC1=CC=CC(C(=O)NCc2ccc(OCCCCCCCOC)cc2)=C(N)C1. The molecule has 0 saturated heterocycles. The van der Waals surface area contributed by atoms with E-state index in [4.69, 9.17) is 15.2 Å². The van der Waals surface area contributed by atoms with E-state index in [1.54, 1.807) is 13.2 Å². The zero-order valence-corrected chi connectivity index (χ0v) is 18.4. The summed E-state index contributed by atoms with van der Waals surface area (Å²) in [5.74, 6) is 0.724. The lowest BCUT2D eigenvalue weighted by molar-refractivity contribution is -0.117. The molecule has 0 aromatic heterocycles. The molecule has 0 unspecified atom stereocenters. The minimum Gasteiger partial charge on any atom is -0.494 e. The fraction of sp³-hybridized carbons (Fsp3) is 0.480. The molecule has 1 aromatic rings. The number of hydrogen-bond acceptors (Lipinski definition) is 4. The highest BCUT2D eigenvalue weighted by Gasteiger charge is 2.13. The van der Waals surface area contributed by atoms with Gasteiger partial charge in [-0.25, -0.2) is 0 Å². The number of ether oxygens (including phenoxy) is 2. The maximum absolute atomic E-state index is 12.5. The zero-order chi connectivity index (χ0) is 21.6. The quantitative estimate of drug-likeness (QED) is 0.457. The molecule has 0 aliphatic heterocycles. The zero-order valence-electron chi connectivity index (χ0n) is 18.4. The van der Waals surface area contributed by atoms with E-state index in [2.05, 4.69) is 12.2 Å². The van der Waals surface area contributed by atoms with Crippen molar-refractivity contribution in [3.63, 3.8) is 0 Å². The lowest BCUT2D eigenvalue weighted by Gasteiger charge is -2.10. The van der Waals surface area contributed by atoms with Crippen molar-refractivity contribution in [3.8, 4) is 5.75 Å². The van der Waals surface area contributed by atoms with Gasteiger partial charge in [-0.2, -0.15) is 0 Å². The third-order valence-electron chi connectivity index (χ3n) is 5.19. The van der Waals surface area contributed by atoms with E-state index in [-0.39, 0.29) is 5.91 Å². The fourth-order valence-corrected chi connectivity index (χ4v) is 3.30. The van der Waals surface area contributed by atoms with Crippen LogP contribution in [0.3, 0.4) is 0 Å². The maximum atomic E-state index is 12.5. The van der Waals surface area contributed by atoms with Crippen LogP contribution in [0.25, 0.3) is 0 Å². The summed E-state index contributed by atoms with van der Waals surface area (Å²) in [4.78, 5) is 12.5. The third-order valence-corrected chi connectivity index (χ3v) is 5.19. The van der Waals surface area contributed by atoms with Crippen LogP contribution < -0.4 is 15.8 Å². The van der Waals surface area contributed by atoms with Gasteiger partial charge in [0.05, 0.1) is 12.2 Å². The fourth-order valence-electron chi connectivity index (χ4n) is 3.30. The van der Waals surface area contributed by atoms with Crippen LogP contribution in [0.4, 0.5) is 0 Å². The Bertz CT molecular complexity index is 748. The summed E-state index contributed by atoms with van der Waals surface area (Å²) in [5.41, 5.74) is 9.57. The molecule has 164 valence electrons. The molecule has 2 rings (SSSR count). The number of benzene rings is 1. The molecule has 1 amide bonds. The monoisotopic (exact) mass is 412 g/mol. The van der Waals surface area contributed by atoms with Gasteiger partial charge in [0.25, 0.3) is 5.91 Å². The number of unbranched alkanes of at least 4 members (excludes halogenated alkanes) is 4. The Labute approximate surface area is 181 Å². The molecule has 5 nitrogen and oxygen atoms in total. The third kappa shape index (κ3) is 8.46. The standard InChI is InChI=1S/C25H36N2O3/c1-3-20-10-9-11-23(24(26)18-20)25(28)27-19-21-12-14-22(15-13-21)30-17-8-6-4-5-7-16-29-2/h9-15H,3-8,16-19,26H2,1-2H3,(H,27,28). The molecule has 30 heavy (non-hydrogen) atoms. The Balaban J connectivity index is 1.70. The number of hydrogen-bond donors (Lipinski definition) is 2. The second-order valence-corrected chi connectivity index (χ2v) is 7.59. The van der Waals surface area contributed by atoms with Crippen LogP contribution in [0.5, 0.6) is 5.75 Å². The van der Waals surface area contributed by atoms with Crippen molar-refractivity contribution in [1.82, 2.24) is 5.32 Å². The van der Waals surface area contributed by atoms with Gasteiger partial charge in [-0.05, 0) is 43.0 Å². The molecule has 0 atom stereocenters. The molecule has 0 spiro atoms. The van der Waals surface area contributed by atoms with Crippen LogP contribution in [-0.4, -0.2) is 26.2 Å². The lowest BCUT2D eigenvalue weighted by atomic mass is 10.1. The predicted octanol–water partition coefficient (Wildman–Crippen LogP) is 4.79. The van der Waals surface area contributed by atoms with E-state index >= 15 is 0 Å².